The van der Waals surface area contributed by atoms with Gasteiger partial charge in [-0.25, -0.2) is 4.68 Å². The molecule has 0 bridgehead atoms. The molecule has 8 heteroatoms. The van der Waals surface area contributed by atoms with Crippen LogP contribution in [0.2, 0.25) is 5.02 Å². The van der Waals surface area contributed by atoms with Crippen molar-refractivity contribution >= 4 is 23.4 Å². The van der Waals surface area contributed by atoms with Crippen LogP contribution in [-0.2, 0) is 17.9 Å². The van der Waals surface area contributed by atoms with Crippen molar-refractivity contribution in [2.45, 2.75) is 50.7 Å². The Balaban J connectivity index is 1.32. The quantitative estimate of drug-likeness (QED) is 0.565. The van der Waals surface area contributed by atoms with Gasteiger partial charge in [0, 0.05) is 30.3 Å². The van der Waals surface area contributed by atoms with Crippen molar-refractivity contribution in [3.05, 3.63) is 87.2 Å². The molecule has 0 atom stereocenters. The number of nitrogens with one attached hydrogen (secondary N) is 1. The van der Waals surface area contributed by atoms with Gasteiger partial charge < -0.3 is 10.2 Å². The zero-order valence-electron chi connectivity index (χ0n) is 19.4. The van der Waals surface area contributed by atoms with E-state index in [2.05, 4.69) is 10.4 Å². The minimum atomic E-state index is -0.429. The van der Waals surface area contributed by atoms with Gasteiger partial charge in [-0.05, 0) is 36.6 Å². The van der Waals surface area contributed by atoms with Crippen molar-refractivity contribution in [2.75, 3.05) is 6.54 Å². The zero-order chi connectivity index (χ0) is 24.4. The summed E-state index contributed by atoms with van der Waals surface area (Å²) in [5.74, 6) is -0.285. The van der Waals surface area contributed by atoms with Crippen molar-refractivity contribution in [3.8, 4) is 11.3 Å². The van der Waals surface area contributed by atoms with E-state index in [-0.39, 0.29) is 23.9 Å². The molecule has 0 radical (unpaired) electrons. The Kier molecular flexibility index (Phi) is 6.43. The smallest absolute Gasteiger partial charge is 0.267 e. The van der Waals surface area contributed by atoms with Crippen molar-refractivity contribution < 1.29 is 9.59 Å². The highest BCUT2D eigenvalue weighted by Crippen LogP contribution is 2.38. The molecule has 1 fully saturated rings. The van der Waals surface area contributed by atoms with Gasteiger partial charge in [-0.3, -0.25) is 14.4 Å². The summed E-state index contributed by atoms with van der Waals surface area (Å²) in [4.78, 5) is 40.5. The molecule has 180 valence electrons. The lowest BCUT2D eigenvalue weighted by Crippen LogP contribution is -2.57. The maximum absolute atomic E-state index is 13.2. The molecule has 1 aliphatic heterocycles. The van der Waals surface area contributed by atoms with E-state index in [9.17, 15) is 14.4 Å². The average Bonchev–Trinajstić information content (AvgIpc) is 3.22. The Morgan fingerprint density at radius 2 is 1.66 bits per heavy atom. The van der Waals surface area contributed by atoms with Crippen LogP contribution < -0.4 is 10.9 Å². The number of amides is 2. The largest absolute Gasteiger partial charge is 0.352 e. The lowest BCUT2D eigenvalue weighted by atomic mass is 9.80. The van der Waals surface area contributed by atoms with E-state index in [1.807, 2.05) is 47.4 Å². The highest BCUT2D eigenvalue weighted by molar-refractivity contribution is 6.33. The summed E-state index contributed by atoms with van der Waals surface area (Å²) in [5.41, 5.74) is 2.19. The molecule has 0 unspecified atom stereocenters. The minimum Gasteiger partial charge on any atom is -0.352 e. The fourth-order valence-electron chi connectivity index (χ4n) is 5.22. The minimum absolute atomic E-state index is 0.0297. The van der Waals surface area contributed by atoms with Gasteiger partial charge in [0.05, 0.1) is 16.3 Å². The molecular formula is C27H27ClN4O3. The third-order valence-electron chi connectivity index (χ3n) is 7.10. The summed E-state index contributed by atoms with van der Waals surface area (Å²) in [6, 6.07) is 17.9. The number of hydrogen-bond donors (Lipinski definition) is 1. The molecule has 35 heavy (non-hydrogen) atoms. The molecule has 2 heterocycles. The van der Waals surface area contributed by atoms with Gasteiger partial charge in [-0.1, -0.05) is 67.3 Å². The molecule has 0 spiro atoms. The van der Waals surface area contributed by atoms with Crippen molar-refractivity contribution in [2.24, 2.45) is 0 Å². The number of carbonyl (C=O) groups excluding carboxylic acids is 2. The summed E-state index contributed by atoms with van der Waals surface area (Å²) in [6.45, 7) is 0.706. The summed E-state index contributed by atoms with van der Waals surface area (Å²) < 4.78 is 1.15. The molecule has 3 aromatic rings. The van der Waals surface area contributed by atoms with E-state index in [0.29, 0.717) is 29.4 Å². The third kappa shape index (κ3) is 4.60. The van der Waals surface area contributed by atoms with Crippen molar-refractivity contribution in [3.63, 3.8) is 0 Å². The van der Waals surface area contributed by atoms with Gasteiger partial charge in [0.15, 0.2) is 0 Å². The molecular weight excluding hydrogens is 464 g/mol. The Hall–Kier alpha value is -3.45. The first-order chi connectivity index (χ1) is 17.0. The molecule has 0 saturated heterocycles. The number of carbonyl (C=O) groups is 2. The van der Waals surface area contributed by atoms with Crippen LogP contribution in [0.15, 0.2) is 65.5 Å². The van der Waals surface area contributed by atoms with Gasteiger partial charge in [-0.15, -0.1) is 0 Å². The summed E-state index contributed by atoms with van der Waals surface area (Å²) in [5, 5.41) is 7.89. The van der Waals surface area contributed by atoms with Crippen LogP contribution in [0, 0.1) is 0 Å². The molecule has 1 saturated carbocycles. The van der Waals surface area contributed by atoms with E-state index in [1.165, 1.54) is 6.07 Å². The average molecular weight is 491 g/mol. The highest BCUT2D eigenvalue weighted by atomic mass is 35.5. The van der Waals surface area contributed by atoms with Crippen LogP contribution in [-0.4, -0.2) is 38.6 Å². The molecule has 2 aromatic carbocycles. The predicted molar refractivity (Wildman–Crippen MR) is 134 cm³/mol. The normalized spacial score (nSPS) is 16.7. The lowest BCUT2D eigenvalue weighted by Gasteiger charge is -2.44. The number of benzene rings is 2. The van der Waals surface area contributed by atoms with E-state index in [4.69, 9.17) is 11.6 Å². The predicted octanol–water partition coefficient (Wildman–Crippen LogP) is 4.04. The third-order valence-corrected chi connectivity index (χ3v) is 7.43. The second kappa shape index (κ2) is 9.66. The molecule has 7 nitrogen and oxygen atoms in total. The van der Waals surface area contributed by atoms with Gasteiger partial charge in [0.2, 0.25) is 5.91 Å². The Morgan fingerprint density at radius 1 is 0.943 bits per heavy atom. The van der Waals surface area contributed by atoms with Crippen LogP contribution in [0.4, 0.5) is 0 Å². The Labute approximate surface area is 208 Å². The molecule has 1 aromatic heterocycles. The Bertz CT molecular complexity index is 1330. The second-order valence-electron chi connectivity index (χ2n) is 9.30. The van der Waals surface area contributed by atoms with Crippen LogP contribution in [0.5, 0.6) is 0 Å². The van der Waals surface area contributed by atoms with Gasteiger partial charge in [-0.2, -0.15) is 5.10 Å². The molecule has 1 N–H and O–H groups in total. The van der Waals surface area contributed by atoms with E-state index in [1.54, 1.807) is 12.1 Å². The van der Waals surface area contributed by atoms with Gasteiger partial charge in [0.25, 0.3) is 11.5 Å². The van der Waals surface area contributed by atoms with E-state index in [0.717, 1.165) is 47.9 Å². The van der Waals surface area contributed by atoms with Crippen molar-refractivity contribution in [1.29, 1.82) is 0 Å². The SMILES string of the molecule is O=C(Cn1nc(-c2ccccc2Cl)ccc1=O)NCC1(N2Cc3ccccc3C2=O)CCCCC1. The van der Waals surface area contributed by atoms with E-state index >= 15 is 0 Å². The zero-order valence-corrected chi connectivity index (χ0v) is 20.1. The number of hydrogen-bond acceptors (Lipinski definition) is 4. The van der Waals surface area contributed by atoms with Gasteiger partial charge >= 0.3 is 0 Å². The fraction of sp³-hybridized carbons (Fsp3) is 0.333. The van der Waals surface area contributed by atoms with Crippen LogP contribution in [0.1, 0.15) is 48.0 Å². The van der Waals surface area contributed by atoms with Gasteiger partial charge in [0.1, 0.15) is 6.54 Å². The van der Waals surface area contributed by atoms with Crippen LogP contribution >= 0.6 is 11.6 Å². The summed E-state index contributed by atoms with van der Waals surface area (Å²) >= 11 is 6.28. The first-order valence-electron chi connectivity index (χ1n) is 12.0. The first kappa shape index (κ1) is 23.3. The first-order valence-corrected chi connectivity index (χ1v) is 12.3. The number of rotatable bonds is 6. The summed E-state index contributed by atoms with van der Waals surface area (Å²) in [7, 11) is 0. The van der Waals surface area contributed by atoms with Crippen LogP contribution in [0.25, 0.3) is 11.3 Å². The maximum atomic E-state index is 13.2. The number of fused-ring (bicyclic) bond motifs is 1. The molecule has 1 aliphatic carbocycles. The highest BCUT2D eigenvalue weighted by Gasteiger charge is 2.44. The number of nitrogens with zero attached hydrogens (tertiary/aromatic N) is 3. The number of aromatic nitrogens is 2. The van der Waals surface area contributed by atoms with E-state index < -0.39 is 5.54 Å². The molecule has 2 amide bonds. The molecule has 5 rings (SSSR count). The fourth-order valence-corrected chi connectivity index (χ4v) is 5.45. The lowest BCUT2D eigenvalue weighted by molar-refractivity contribution is -0.122. The second-order valence-corrected chi connectivity index (χ2v) is 9.71. The number of halogens is 1. The van der Waals surface area contributed by atoms with Crippen LogP contribution in [0.3, 0.4) is 0 Å². The van der Waals surface area contributed by atoms with Crippen molar-refractivity contribution in [1.82, 2.24) is 20.0 Å². The maximum Gasteiger partial charge on any atom is 0.267 e. The topological polar surface area (TPSA) is 84.3 Å². The summed E-state index contributed by atoms with van der Waals surface area (Å²) in [6.07, 6.45) is 4.83. The molecule has 2 aliphatic rings. The monoisotopic (exact) mass is 490 g/mol. The Morgan fingerprint density at radius 3 is 2.40 bits per heavy atom. The standard InChI is InChI=1S/C27H27ClN4O3/c28-22-11-5-4-10-21(22)23-12-13-25(34)32(30-23)17-24(33)29-18-27(14-6-1-7-15-27)31-16-19-8-2-3-9-20(19)26(31)35/h2-5,8-13H,1,6-7,14-18H2,(H,29,33).